The number of carbonyl (C=O) groups excluding carboxylic acids is 1. The molecule has 0 fully saturated rings. The summed E-state index contributed by atoms with van der Waals surface area (Å²) in [6.07, 6.45) is 0. The van der Waals surface area contributed by atoms with Gasteiger partial charge in [0, 0.05) is 11.4 Å². The second-order valence-corrected chi connectivity index (χ2v) is 9.27. The van der Waals surface area contributed by atoms with Crippen molar-refractivity contribution in [1.82, 2.24) is 19.7 Å². The minimum atomic E-state index is -0.674. The zero-order chi connectivity index (χ0) is 24.9. The summed E-state index contributed by atoms with van der Waals surface area (Å²) >= 11 is 1.24. The minimum absolute atomic E-state index is 0.0925. The van der Waals surface area contributed by atoms with Crippen LogP contribution >= 0.6 is 11.8 Å². The molecule has 0 aliphatic rings. The summed E-state index contributed by atoms with van der Waals surface area (Å²) < 4.78 is 28.8. The number of nitrogens with one attached hydrogen (secondary N) is 1. The molecule has 0 spiro atoms. The van der Waals surface area contributed by atoms with Crippen LogP contribution in [0, 0.1) is 11.6 Å². The highest BCUT2D eigenvalue weighted by Crippen LogP contribution is 2.37. The Labute approximate surface area is 207 Å². The fourth-order valence-corrected chi connectivity index (χ4v) is 4.50. The molecular formula is C26H25F2N5OS. The zero-order valence-electron chi connectivity index (χ0n) is 19.5. The molecule has 4 rings (SSSR count). The molecule has 2 atom stereocenters. The zero-order valence-corrected chi connectivity index (χ0v) is 20.3. The van der Waals surface area contributed by atoms with Crippen molar-refractivity contribution < 1.29 is 13.6 Å². The Balaban J connectivity index is 1.74. The van der Waals surface area contributed by atoms with Gasteiger partial charge in [-0.05, 0) is 75.1 Å². The summed E-state index contributed by atoms with van der Waals surface area (Å²) in [5.74, 6) is -0.357. The summed E-state index contributed by atoms with van der Waals surface area (Å²) in [6.45, 7) is 1.99. The van der Waals surface area contributed by atoms with Crippen LogP contribution in [-0.2, 0) is 4.79 Å². The maximum atomic E-state index is 13.7. The van der Waals surface area contributed by atoms with Gasteiger partial charge in [0.05, 0.1) is 6.04 Å². The minimum Gasteiger partial charge on any atom is -0.325 e. The highest BCUT2D eigenvalue weighted by Gasteiger charge is 2.28. The highest BCUT2D eigenvalue weighted by molar-refractivity contribution is 8.00. The van der Waals surface area contributed by atoms with Gasteiger partial charge in [-0.3, -0.25) is 14.3 Å². The first-order valence-electron chi connectivity index (χ1n) is 11.0. The lowest BCUT2D eigenvalue weighted by atomic mass is 10.1. The lowest BCUT2D eigenvalue weighted by molar-refractivity contribution is -0.115. The van der Waals surface area contributed by atoms with E-state index in [9.17, 15) is 13.6 Å². The smallest absolute Gasteiger partial charge is 0.242 e. The molecule has 35 heavy (non-hydrogen) atoms. The predicted octanol–water partition coefficient (Wildman–Crippen LogP) is 5.64. The van der Waals surface area contributed by atoms with E-state index in [0.717, 1.165) is 5.56 Å². The fraction of sp³-hybridized carbons (Fsp3) is 0.192. The van der Waals surface area contributed by atoms with Gasteiger partial charge in [0.15, 0.2) is 11.0 Å². The summed E-state index contributed by atoms with van der Waals surface area (Å²) in [7, 11) is 3.87. The molecule has 0 aliphatic heterocycles. The number of nitrogens with zero attached hydrogens (tertiary/aromatic N) is 4. The molecule has 1 amide bonds. The Kier molecular flexibility index (Phi) is 7.57. The molecule has 0 bridgehead atoms. The highest BCUT2D eigenvalue weighted by atomic mass is 32.2. The topological polar surface area (TPSA) is 63.1 Å². The van der Waals surface area contributed by atoms with E-state index in [2.05, 4.69) is 15.5 Å². The average molecular weight is 494 g/mol. The van der Waals surface area contributed by atoms with Crippen LogP contribution in [0.3, 0.4) is 0 Å². The lowest BCUT2D eigenvalue weighted by Crippen LogP contribution is -2.21. The molecule has 0 aliphatic carbocycles. The van der Waals surface area contributed by atoms with E-state index in [-0.39, 0.29) is 23.6 Å². The van der Waals surface area contributed by atoms with Crippen LogP contribution < -0.4 is 5.32 Å². The van der Waals surface area contributed by atoms with Crippen LogP contribution in [0.25, 0.3) is 5.69 Å². The third kappa shape index (κ3) is 5.75. The van der Waals surface area contributed by atoms with E-state index < -0.39 is 5.25 Å². The molecule has 0 radical (unpaired) electrons. The normalized spacial score (nSPS) is 13.0. The van der Waals surface area contributed by atoms with Crippen LogP contribution in [0.4, 0.5) is 14.5 Å². The molecule has 6 nitrogen and oxygen atoms in total. The summed E-state index contributed by atoms with van der Waals surface area (Å²) in [6, 6.07) is 20.9. The number of anilines is 1. The summed E-state index contributed by atoms with van der Waals surface area (Å²) in [4.78, 5) is 15.4. The molecule has 9 heteroatoms. The van der Waals surface area contributed by atoms with E-state index in [1.807, 2.05) is 60.8 Å². The Morgan fingerprint density at radius 2 is 1.51 bits per heavy atom. The third-order valence-electron chi connectivity index (χ3n) is 5.57. The first-order chi connectivity index (χ1) is 16.8. The van der Waals surface area contributed by atoms with Crippen molar-refractivity contribution in [1.29, 1.82) is 0 Å². The molecular weight excluding hydrogens is 468 g/mol. The second-order valence-electron chi connectivity index (χ2n) is 8.20. The van der Waals surface area contributed by atoms with Crippen molar-refractivity contribution in [2.24, 2.45) is 0 Å². The Morgan fingerprint density at radius 1 is 0.914 bits per heavy atom. The number of hydrogen-bond donors (Lipinski definition) is 1. The molecule has 1 N–H and O–H groups in total. The van der Waals surface area contributed by atoms with Crippen LogP contribution in [0.2, 0.25) is 0 Å². The van der Waals surface area contributed by atoms with Crippen LogP contribution in [0.5, 0.6) is 0 Å². The van der Waals surface area contributed by atoms with Gasteiger partial charge in [0.2, 0.25) is 5.91 Å². The van der Waals surface area contributed by atoms with Crippen LogP contribution in [0.15, 0.2) is 84.0 Å². The molecule has 0 saturated carbocycles. The van der Waals surface area contributed by atoms with Gasteiger partial charge >= 0.3 is 0 Å². The number of carbonyl (C=O) groups is 1. The van der Waals surface area contributed by atoms with Gasteiger partial charge in [-0.1, -0.05) is 42.1 Å². The third-order valence-corrected chi connectivity index (χ3v) is 6.76. The van der Waals surface area contributed by atoms with E-state index in [1.54, 1.807) is 12.1 Å². The quantitative estimate of drug-likeness (QED) is 0.322. The van der Waals surface area contributed by atoms with E-state index >= 15 is 0 Å². The van der Waals surface area contributed by atoms with E-state index in [0.29, 0.717) is 22.4 Å². The molecule has 180 valence electrons. The first kappa shape index (κ1) is 24.6. The van der Waals surface area contributed by atoms with Crippen molar-refractivity contribution in [2.45, 2.75) is 23.4 Å². The molecule has 1 aromatic heterocycles. The number of rotatable bonds is 8. The first-order valence-corrected chi connectivity index (χ1v) is 11.9. The molecule has 0 unspecified atom stereocenters. The summed E-state index contributed by atoms with van der Waals surface area (Å²) in [5, 5.41) is 11.5. The van der Waals surface area contributed by atoms with Gasteiger partial charge in [-0.15, -0.1) is 10.2 Å². The summed E-state index contributed by atoms with van der Waals surface area (Å²) in [5.41, 5.74) is 1.95. The van der Waals surface area contributed by atoms with Crippen molar-refractivity contribution >= 4 is 23.4 Å². The van der Waals surface area contributed by atoms with Crippen molar-refractivity contribution in [2.75, 3.05) is 19.4 Å². The van der Waals surface area contributed by atoms with Crippen molar-refractivity contribution in [3.63, 3.8) is 0 Å². The second kappa shape index (κ2) is 10.8. The Morgan fingerprint density at radius 3 is 2.11 bits per heavy atom. The van der Waals surface area contributed by atoms with Gasteiger partial charge in [-0.2, -0.15) is 0 Å². The van der Waals surface area contributed by atoms with Gasteiger partial charge in [0.25, 0.3) is 0 Å². The van der Waals surface area contributed by atoms with Gasteiger partial charge in [-0.25, -0.2) is 8.78 Å². The molecule has 3 aromatic carbocycles. The Bertz CT molecular complexity index is 1280. The Hall–Kier alpha value is -3.56. The maximum Gasteiger partial charge on any atom is 0.242 e. The van der Waals surface area contributed by atoms with Crippen LogP contribution in [0.1, 0.15) is 29.6 Å². The van der Waals surface area contributed by atoms with E-state index in [4.69, 9.17) is 0 Å². The number of halogens is 2. The number of thioether (sulfide) groups is 1. The molecule has 0 saturated heterocycles. The lowest BCUT2D eigenvalue weighted by Gasteiger charge is -2.21. The number of hydrogen-bond acceptors (Lipinski definition) is 5. The van der Waals surface area contributed by atoms with Crippen molar-refractivity contribution in [3.8, 4) is 5.69 Å². The fourth-order valence-electron chi connectivity index (χ4n) is 3.44. The largest absolute Gasteiger partial charge is 0.325 e. The number of benzene rings is 3. The predicted molar refractivity (Wildman–Crippen MR) is 133 cm³/mol. The van der Waals surface area contributed by atoms with E-state index in [1.165, 1.54) is 48.2 Å². The standard InChI is InChI=1S/C26H25F2N5OS/c1-17(32(2)3)24-30-31-26(33(24)22-15-11-20(28)12-16-22)35-23(18-7-5-4-6-8-18)25(34)29-21-13-9-19(27)10-14-21/h4-17,23H,1-3H3,(H,29,34)/t17-,23+/m1/s1. The maximum absolute atomic E-state index is 13.7. The SMILES string of the molecule is C[C@H](c1nnc(S[C@H](C(=O)Nc2ccc(F)cc2)c2ccccc2)n1-c1ccc(F)cc1)N(C)C. The van der Waals surface area contributed by atoms with Crippen molar-refractivity contribution in [3.05, 3.63) is 102 Å². The molecule has 1 heterocycles. The molecule has 4 aromatic rings. The number of amides is 1. The monoisotopic (exact) mass is 493 g/mol. The van der Waals surface area contributed by atoms with Crippen LogP contribution in [-0.4, -0.2) is 39.7 Å². The van der Waals surface area contributed by atoms with Gasteiger partial charge in [0.1, 0.15) is 16.9 Å². The average Bonchev–Trinajstić information content (AvgIpc) is 3.27. The van der Waals surface area contributed by atoms with Gasteiger partial charge < -0.3 is 5.32 Å². The number of aromatic nitrogens is 3.